The summed E-state index contributed by atoms with van der Waals surface area (Å²) in [6, 6.07) is 6.64. The minimum Gasteiger partial charge on any atom is -0.313 e. The van der Waals surface area contributed by atoms with Crippen LogP contribution in [0.25, 0.3) is 0 Å². The molecule has 2 fully saturated rings. The molecule has 2 aliphatic rings. The molecule has 0 amide bonds. The highest BCUT2D eigenvalue weighted by Crippen LogP contribution is 2.45. The number of hydrogen-bond donors (Lipinski definition) is 1. The Labute approximate surface area is 125 Å². The average molecular weight is 298 g/mol. The number of hydrogen-bond acceptors (Lipinski definition) is 1. The van der Waals surface area contributed by atoms with E-state index in [1.54, 1.807) is 0 Å². The van der Waals surface area contributed by atoms with Gasteiger partial charge in [-0.1, -0.05) is 48.5 Å². The van der Waals surface area contributed by atoms with Gasteiger partial charge in [-0.25, -0.2) is 0 Å². The Bertz CT molecular complexity index is 428. The van der Waals surface area contributed by atoms with E-state index >= 15 is 0 Å². The zero-order chi connectivity index (χ0) is 13.3. The molecular formula is C16H21Cl2N. The summed E-state index contributed by atoms with van der Waals surface area (Å²) in [6.07, 6.45) is 8.97. The zero-order valence-corrected chi connectivity index (χ0v) is 12.7. The second-order valence-corrected chi connectivity index (χ2v) is 6.91. The second kappa shape index (κ2) is 5.63. The summed E-state index contributed by atoms with van der Waals surface area (Å²) in [5, 5.41) is 5.38. The zero-order valence-electron chi connectivity index (χ0n) is 11.2. The highest BCUT2D eigenvalue weighted by atomic mass is 35.5. The molecule has 0 atom stereocenters. The van der Waals surface area contributed by atoms with Crippen LogP contribution >= 0.6 is 23.2 Å². The van der Waals surface area contributed by atoms with E-state index in [9.17, 15) is 0 Å². The van der Waals surface area contributed by atoms with E-state index in [0.717, 1.165) is 22.6 Å². The van der Waals surface area contributed by atoms with Gasteiger partial charge in [-0.05, 0) is 43.4 Å². The first-order valence-corrected chi connectivity index (χ1v) is 8.15. The number of halogens is 2. The van der Waals surface area contributed by atoms with Crippen molar-refractivity contribution in [1.29, 1.82) is 0 Å². The quantitative estimate of drug-likeness (QED) is 0.829. The van der Waals surface area contributed by atoms with Crippen LogP contribution in [0, 0.1) is 0 Å². The lowest BCUT2D eigenvalue weighted by Gasteiger charge is -2.39. The standard InChI is InChI=1S/C16H21Cl2N/c17-13-5-4-6-14(18)15(13)16(9-2-1-3-10-16)11-19-12-7-8-12/h4-6,12,19H,1-3,7-11H2. The first-order chi connectivity index (χ1) is 9.21. The molecule has 0 unspecified atom stereocenters. The summed E-state index contributed by atoms with van der Waals surface area (Å²) in [5.41, 5.74) is 1.34. The third-order valence-corrected chi connectivity index (χ3v) is 5.24. The summed E-state index contributed by atoms with van der Waals surface area (Å²) in [6.45, 7) is 1.03. The van der Waals surface area contributed by atoms with Gasteiger partial charge in [-0.15, -0.1) is 0 Å². The van der Waals surface area contributed by atoms with Gasteiger partial charge < -0.3 is 5.32 Å². The normalized spacial score (nSPS) is 22.4. The molecule has 3 heteroatoms. The van der Waals surface area contributed by atoms with Crippen molar-refractivity contribution < 1.29 is 0 Å². The van der Waals surface area contributed by atoms with E-state index in [0.29, 0.717) is 0 Å². The van der Waals surface area contributed by atoms with Gasteiger partial charge in [0.1, 0.15) is 0 Å². The van der Waals surface area contributed by atoms with Crippen molar-refractivity contribution in [2.24, 2.45) is 0 Å². The fraction of sp³-hybridized carbons (Fsp3) is 0.625. The summed E-state index contributed by atoms with van der Waals surface area (Å²) in [4.78, 5) is 0. The van der Waals surface area contributed by atoms with Crippen LogP contribution in [0.2, 0.25) is 10.0 Å². The van der Waals surface area contributed by atoms with Gasteiger partial charge in [0.25, 0.3) is 0 Å². The smallest absolute Gasteiger partial charge is 0.0459 e. The molecule has 0 bridgehead atoms. The van der Waals surface area contributed by atoms with Gasteiger partial charge >= 0.3 is 0 Å². The fourth-order valence-electron chi connectivity index (χ4n) is 3.38. The molecule has 104 valence electrons. The third-order valence-electron chi connectivity index (χ3n) is 4.61. The summed E-state index contributed by atoms with van der Waals surface area (Å²) in [7, 11) is 0. The fourth-order valence-corrected chi connectivity index (χ4v) is 4.17. The Balaban J connectivity index is 1.92. The van der Waals surface area contributed by atoms with Gasteiger partial charge in [0.15, 0.2) is 0 Å². The molecule has 3 rings (SSSR count). The lowest BCUT2D eigenvalue weighted by atomic mass is 9.69. The maximum Gasteiger partial charge on any atom is 0.0459 e. The molecular weight excluding hydrogens is 277 g/mol. The lowest BCUT2D eigenvalue weighted by Crippen LogP contribution is -2.41. The molecule has 0 radical (unpaired) electrons. The largest absolute Gasteiger partial charge is 0.313 e. The molecule has 0 spiro atoms. The van der Waals surface area contributed by atoms with Crippen molar-refractivity contribution in [2.75, 3.05) is 6.54 Å². The van der Waals surface area contributed by atoms with Crippen molar-refractivity contribution in [1.82, 2.24) is 5.32 Å². The maximum absolute atomic E-state index is 6.47. The lowest BCUT2D eigenvalue weighted by molar-refractivity contribution is 0.279. The molecule has 0 saturated heterocycles. The molecule has 2 aliphatic carbocycles. The maximum atomic E-state index is 6.47. The molecule has 1 aromatic carbocycles. The van der Waals surface area contributed by atoms with Gasteiger partial charge in [-0.3, -0.25) is 0 Å². The second-order valence-electron chi connectivity index (χ2n) is 6.09. The topological polar surface area (TPSA) is 12.0 Å². The summed E-state index contributed by atoms with van der Waals surface area (Å²) >= 11 is 12.9. The number of nitrogens with one attached hydrogen (secondary N) is 1. The molecule has 0 heterocycles. The number of benzene rings is 1. The summed E-state index contributed by atoms with van der Waals surface area (Å²) in [5.74, 6) is 0. The van der Waals surface area contributed by atoms with E-state index in [4.69, 9.17) is 23.2 Å². The molecule has 1 aromatic rings. The highest BCUT2D eigenvalue weighted by molar-refractivity contribution is 6.36. The van der Waals surface area contributed by atoms with Crippen LogP contribution in [0.1, 0.15) is 50.5 Å². The van der Waals surface area contributed by atoms with Crippen molar-refractivity contribution in [2.45, 2.75) is 56.4 Å². The molecule has 19 heavy (non-hydrogen) atoms. The van der Waals surface area contributed by atoms with Gasteiger partial charge in [0.2, 0.25) is 0 Å². The predicted molar refractivity (Wildman–Crippen MR) is 82.2 cm³/mol. The predicted octanol–water partition coefficient (Wildman–Crippen LogP) is 4.95. The van der Waals surface area contributed by atoms with Crippen molar-refractivity contribution in [3.63, 3.8) is 0 Å². The van der Waals surface area contributed by atoms with E-state index in [1.165, 1.54) is 50.5 Å². The first-order valence-electron chi connectivity index (χ1n) is 7.39. The summed E-state index contributed by atoms with van der Waals surface area (Å²) < 4.78 is 0. The highest BCUT2D eigenvalue weighted by Gasteiger charge is 2.38. The van der Waals surface area contributed by atoms with Crippen molar-refractivity contribution >= 4 is 23.2 Å². The SMILES string of the molecule is Clc1cccc(Cl)c1C1(CNC2CC2)CCCCC1. The van der Waals surface area contributed by atoms with E-state index < -0.39 is 0 Å². The monoisotopic (exact) mass is 297 g/mol. The van der Waals surface area contributed by atoms with Crippen LogP contribution in [0.5, 0.6) is 0 Å². The van der Waals surface area contributed by atoms with E-state index in [1.807, 2.05) is 18.2 Å². The molecule has 1 N–H and O–H groups in total. The van der Waals surface area contributed by atoms with Crippen LogP contribution in [0.4, 0.5) is 0 Å². The Kier molecular flexibility index (Phi) is 4.07. The number of rotatable bonds is 4. The van der Waals surface area contributed by atoms with Crippen molar-refractivity contribution in [3.8, 4) is 0 Å². The Morgan fingerprint density at radius 2 is 1.68 bits per heavy atom. The van der Waals surface area contributed by atoms with Crippen LogP contribution < -0.4 is 5.32 Å². The molecule has 2 saturated carbocycles. The van der Waals surface area contributed by atoms with Crippen LogP contribution in [-0.4, -0.2) is 12.6 Å². The Morgan fingerprint density at radius 1 is 1.05 bits per heavy atom. The molecule has 1 nitrogen and oxygen atoms in total. The van der Waals surface area contributed by atoms with E-state index in [2.05, 4.69) is 5.32 Å². The van der Waals surface area contributed by atoms with Crippen LogP contribution in [-0.2, 0) is 5.41 Å². The van der Waals surface area contributed by atoms with Crippen molar-refractivity contribution in [3.05, 3.63) is 33.8 Å². The van der Waals surface area contributed by atoms with Crippen LogP contribution in [0.3, 0.4) is 0 Å². The minimum atomic E-state index is 0.149. The molecule has 0 aliphatic heterocycles. The van der Waals surface area contributed by atoms with Crippen LogP contribution in [0.15, 0.2) is 18.2 Å². The first kappa shape index (κ1) is 13.7. The average Bonchev–Trinajstić information content (AvgIpc) is 3.21. The van der Waals surface area contributed by atoms with Gasteiger partial charge in [0, 0.05) is 28.0 Å². The van der Waals surface area contributed by atoms with E-state index in [-0.39, 0.29) is 5.41 Å². The third kappa shape index (κ3) is 2.94. The Hall–Kier alpha value is -0.240. The van der Waals surface area contributed by atoms with Gasteiger partial charge in [0.05, 0.1) is 0 Å². The Morgan fingerprint density at radius 3 is 2.26 bits per heavy atom. The molecule has 0 aromatic heterocycles. The minimum absolute atomic E-state index is 0.149. The van der Waals surface area contributed by atoms with Gasteiger partial charge in [-0.2, -0.15) is 0 Å².